The fourth-order valence-corrected chi connectivity index (χ4v) is 3.41. The van der Waals surface area contributed by atoms with Gasteiger partial charge in [0.2, 0.25) is 0 Å². The van der Waals surface area contributed by atoms with E-state index in [2.05, 4.69) is 36.7 Å². The van der Waals surface area contributed by atoms with Gasteiger partial charge in [-0.15, -0.1) is 11.3 Å². The fourth-order valence-electron chi connectivity index (χ4n) is 2.46. The van der Waals surface area contributed by atoms with Gasteiger partial charge in [0.1, 0.15) is 5.82 Å². The molecule has 0 bridgehead atoms. The van der Waals surface area contributed by atoms with E-state index in [0.717, 1.165) is 29.7 Å². The molecule has 0 spiro atoms. The van der Waals surface area contributed by atoms with Gasteiger partial charge in [0, 0.05) is 29.3 Å². The molecule has 0 saturated carbocycles. The fraction of sp³-hybridized carbons (Fsp3) is 0.312. The first-order valence-electron chi connectivity index (χ1n) is 6.93. The van der Waals surface area contributed by atoms with Crippen LogP contribution in [0.3, 0.4) is 0 Å². The molecule has 3 aromatic rings. The molecule has 2 aromatic heterocycles. The SMILES string of the molecule is CCc1ccc(C(N)Cc2nc3ccccc3n2C)s1. The molecule has 3 rings (SSSR count). The van der Waals surface area contributed by atoms with Crippen LogP contribution in [0.15, 0.2) is 36.4 Å². The number of nitrogens with zero attached hydrogens (tertiary/aromatic N) is 2. The Kier molecular flexibility index (Phi) is 3.59. The Labute approximate surface area is 123 Å². The van der Waals surface area contributed by atoms with Gasteiger partial charge in [-0.05, 0) is 30.7 Å². The number of rotatable bonds is 4. The summed E-state index contributed by atoms with van der Waals surface area (Å²) < 4.78 is 2.14. The molecule has 2 heterocycles. The van der Waals surface area contributed by atoms with Gasteiger partial charge in [0.15, 0.2) is 0 Å². The third-order valence-electron chi connectivity index (χ3n) is 3.68. The van der Waals surface area contributed by atoms with Crippen molar-refractivity contribution in [2.45, 2.75) is 25.8 Å². The Balaban J connectivity index is 1.87. The molecule has 0 aliphatic carbocycles. The summed E-state index contributed by atoms with van der Waals surface area (Å²) in [6, 6.07) is 12.6. The van der Waals surface area contributed by atoms with Crippen molar-refractivity contribution in [1.29, 1.82) is 0 Å². The van der Waals surface area contributed by atoms with Gasteiger partial charge in [0.05, 0.1) is 11.0 Å². The monoisotopic (exact) mass is 285 g/mol. The minimum Gasteiger partial charge on any atom is -0.331 e. The van der Waals surface area contributed by atoms with Crippen molar-refractivity contribution in [2.75, 3.05) is 0 Å². The van der Waals surface area contributed by atoms with E-state index in [1.54, 1.807) is 0 Å². The number of hydrogen-bond donors (Lipinski definition) is 1. The lowest BCUT2D eigenvalue weighted by atomic mass is 10.2. The van der Waals surface area contributed by atoms with Crippen molar-refractivity contribution >= 4 is 22.4 Å². The average molecular weight is 285 g/mol. The number of fused-ring (bicyclic) bond motifs is 1. The first-order chi connectivity index (χ1) is 9.69. The van der Waals surface area contributed by atoms with Crippen molar-refractivity contribution in [3.05, 3.63) is 52.0 Å². The van der Waals surface area contributed by atoms with Crippen LogP contribution < -0.4 is 5.73 Å². The highest BCUT2D eigenvalue weighted by Crippen LogP contribution is 2.25. The van der Waals surface area contributed by atoms with Crippen molar-refractivity contribution in [2.24, 2.45) is 12.8 Å². The van der Waals surface area contributed by atoms with Crippen molar-refractivity contribution in [3.8, 4) is 0 Å². The second-order valence-corrected chi connectivity index (χ2v) is 6.24. The molecule has 1 unspecified atom stereocenters. The van der Waals surface area contributed by atoms with Crippen LogP contribution in [0.1, 0.15) is 28.5 Å². The number of imidazole rings is 1. The zero-order chi connectivity index (χ0) is 14.1. The molecule has 0 fully saturated rings. The van der Waals surface area contributed by atoms with E-state index in [0.29, 0.717) is 0 Å². The normalized spacial score (nSPS) is 12.9. The van der Waals surface area contributed by atoms with E-state index in [1.807, 2.05) is 29.5 Å². The number of nitrogens with two attached hydrogens (primary N) is 1. The number of thiophene rings is 1. The summed E-state index contributed by atoms with van der Waals surface area (Å²) >= 11 is 1.81. The first-order valence-corrected chi connectivity index (χ1v) is 7.75. The summed E-state index contributed by atoms with van der Waals surface area (Å²) in [6.07, 6.45) is 1.85. The smallest absolute Gasteiger partial charge is 0.111 e. The molecule has 0 aliphatic heterocycles. The Hall–Kier alpha value is -1.65. The molecular weight excluding hydrogens is 266 g/mol. The molecule has 3 nitrogen and oxygen atoms in total. The predicted octanol–water partition coefficient (Wildman–Crippen LogP) is 3.44. The maximum atomic E-state index is 6.34. The first kappa shape index (κ1) is 13.3. The van der Waals surface area contributed by atoms with Gasteiger partial charge >= 0.3 is 0 Å². The zero-order valence-corrected chi connectivity index (χ0v) is 12.7. The Morgan fingerprint density at radius 1 is 1.25 bits per heavy atom. The van der Waals surface area contributed by atoms with Crippen LogP contribution >= 0.6 is 11.3 Å². The average Bonchev–Trinajstić information content (AvgIpc) is 3.05. The summed E-state index contributed by atoms with van der Waals surface area (Å²) in [5.41, 5.74) is 8.54. The van der Waals surface area contributed by atoms with Crippen LogP contribution in [0.5, 0.6) is 0 Å². The lowest BCUT2D eigenvalue weighted by molar-refractivity contribution is 0.675. The van der Waals surface area contributed by atoms with Gasteiger partial charge in [-0.1, -0.05) is 19.1 Å². The quantitative estimate of drug-likeness (QED) is 0.798. The van der Waals surface area contributed by atoms with Gasteiger partial charge in [-0.3, -0.25) is 0 Å². The molecule has 1 aromatic carbocycles. The van der Waals surface area contributed by atoms with E-state index < -0.39 is 0 Å². The molecule has 0 amide bonds. The standard InChI is InChI=1S/C16H19N3S/c1-3-11-8-9-15(20-11)12(17)10-16-18-13-6-4-5-7-14(13)19(16)2/h4-9,12H,3,10,17H2,1-2H3. The van der Waals surface area contributed by atoms with E-state index in [-0.39, 0.29) is 6.04 Å². The highest BCUT2D eigenvalue weighted by atomic mass is 32.1. The highest BCUT2D eigenvalue weighted by molar-refractivity contribution is 7.12. The van der Waals surface area contributed by atoms with E-state index in [9.17, 15) is 0 Å². The molecule has 4 heteroatoms. The second kappa shape index (κ2) is 5.38. The predicted molar refractivity (Wildman–Crippen MR) is 85.0 cm³/mol. The maximum absolute atomic E-state index is 6.34. The van der Waals surface area contributed by atoms with E-state index >= 15 is 0 Å². The van der Waals surface area contributed by atoms with Crippen molar-refractivity contribution < 1.29 is 0 Å². The third-order valence-corrected chi connectivity index (χ3v) is 5.04. The summed E-state index contributed by atoms with van der Waals surface area (Å²) in [6.45, 7) is 2.17. The summed E-state index contributed by atoms with van der Waals surface area (Å²) in [5.74, 6) is 1.05. The number of benzene rings is 1. The summed E-state index contributed by atoms with van der Waals surface area (Å²) in [7, 11) is 2.06. The van der Waals surface area contributed by atoms with Crippen molar-refractivity contribution in [1.82, 2.24) is 9.55 Å². The maximum Gasteiger partial charge on any atom is 0.111 e. The lowest BCUT2D eigenvalue weighted by Gasteiger charge is -2.09. The summed E-state index contributed by atoms with van der Waals surface area (Å²) in [4.78, 5) is 7.33. The minimum atomic E-state index is 0.0239. The van der Waals surface area contributed by atoms with Crippen LogP contribution in [-0.4, -0.2) is 9.55 Å². The van der Waals surface area contributed by atoms with Crippen LogP contribution in [-0.2, 0) is 19.9 Å². The van der Waals surface area contributed by atoms with Gasteiger partial charge in [-0.2, -0.15) is 0 Å². The Bertz CT molecular complexity index is 726. The number of hydrogen-bond acceptors (Lipinski definition) is 3. The molecule has 2 N–H and O–H groups in total. The number of aryl methyl sites for hydroxylation is 2. The Morgan fingerprint density at radius 3 is 2.75 bits per heavy atom. The van der Waals surface area contributed by atoms with E-state index in [4.69, 9.17) is 10.7 Å². The van der Waals surface area contributed by atoms with Gasteiger partial charge < -0.3 is 10.3 Å². The zero-order valence-electron chi connectivity index (χ0n) is 11.8. The van der Waals surface area contributed by atoms with Crippen LogP contribution in [0.2, 0.25) is 0 Å². The largest absolute Gasteiger partial charge is 0.331 e. The molecule has 1 atom stereocenters. The molecule has 104 valence electrons. The van der Waals surface area contributed by atoms with Crippen LogP contribution in [0.25, 0.3) is 11.0 Å². The van der Waals surface area contributed by atoms with E-state index in [1.165, 1.54) is 9.75 Å². The molecule has 20 heavy (non-hydrogen) atoms. The summed E-state index contributed by atoms with van der Waals surface area (Å²) in [5, 5.41) is 0. The van der Waals surface area contributed by atoms with Gasteiger partial charge in [0.25, 0.3) is 0 Å². The third kappa shape index (κ3) is 2.37. The minimum absolute atomic E-state index is 0.0239. The van der Waals surface area contributed by atoms with Crippen LogP contribution in [0, 0.1) is 0 Å². The topological polar surface area (TPSA) is 43.8 Å². The molecular formula is C16H19N3S. The number of aromatic nitrogens is 2. The molecule has 0 aliphatic rings. The van der Waals surface area contributed by atoms with Crippen molar-refractivity contribution in [3.63, 3.8) is 0 Å². The molecule has 0 saturated heterocycles. The van der Waals surface area contributed by atoms with Crippen LogP contribution in [0.4, 0.5) is 0 Å². The highest BCUT2D eigenvalue weighted by Gasteiger charge is 2.14. The second-order valence-electron chi connectivity index (χ2n) is 5.04. The van der Waals surface area contributed by atoms with Gasteiger partial charge in [-0.25, -0.2) is 4.98 Å². The number of para-hydroxylation sites is 2. The molecule has 0 radical (unpaired) electrons. The lowest BCUT2D eigenvalue weighted by Crippen LogP contribution is -2.14. The Morgan fingerprint density at radius 2 is 2.05 bits per heavy atom.